The van der Waals surface area contributed by atoms with E-state index >= 15 is 0 Å². The van der Waals surface area contributed by atoms with Crippen LogP contribution in [0.5, 0.6) is 5.75 Å². The van der Waals surface area contributed by atoms with Gasteiger partial charge in [0.15, 0.2) is 5.75 Å². The minimum absolute atomic E-state index is 0.129. The summed E-state index contributed by atoms with van der Waals surface area (Å²) in [6.07, 6.45) is 5.20. The maximum atomic E-state index is 10.7. The number of ether oxygens (including phenoxy) is 1. The van der Waals surface area contributed by atoms with Crippen LogP contribution in [-0.4, -0.2) is 22.7 Å². The topological polar surface area (TPSA) is 59.4 Å². The van der Waals surface area contributed by atoms with Crippen LogP contribution in [0.1, 0.15) is 16.8 Å². The van der Waals surface area contributed by atoms with E-state index in [1.807, 2.05) is 0 Å². The monoisotopic (exact) mass is 193 g/mol. The van der Waals surface area contributed by atoms with Crippen LogP contribution in [0.15, 0.2) is 31.1 Å². The zero-order valence-corrected chi connectivity index (χ0v) is 7.64. The number of carboxylic acids is 1. The lowest BCUT2D eigenvalue weighted by Gasteiger charge is -2.06. The molecule has 0 saturated heterocycles. The Morgan fingerprint density at radius 1 is 1.71 bits per heavy atom. The molecule has 0 bridgehead atoms. The number of carbonyl (C=O) groups is 1. The van der Waals surface area contributed by atoms with E-state index in [1.54, 1.807) is 6.08 Å². The summed E-state index contributed by atoms with van der Waals surface area (Å²) in [5.41, 5.74) is 0.129. The minimum Gasteiger partial charge on any atom is -0.491 e. The van der Waals surface area contributed by atoms with E-state index in [1.165, 1.54) is 18.5 Å². The summed E-state index contributed by atoms with van der Waals surface area (Å²) in [5, 5.41) is 8.79. The highest BCUT2D eigenvalue weighted by atomic mass is 16.5. The van der Waals surface area contributed by atoms with Gasteiger partial charge in [-0.05, 0) is 12.5 Å². The molecule has 1 heterocycles. The van der Waals surface area contributed by atoms with E-state index in [9.17, 15) is 4.79 Å². The molecule has 0 aliphatic rings. The summed E-state index contributed by atoms with van der Waals surface area (Å²) in [4.78, 5) is 14.5. The first-order valence-electron chi connectivity index (χ1n) is 4.16. The number of pyridine rings is 1. The van der Waals surface area contributed by atoms with Gasteiger partial charge in [0.2, 0.25) is 0 Å². The van der Waals surface area contributed by atoms with Crippen molar-refractivity contribution in [2.75, 3.05) is 6.61 Å². The Morgan fingerprint density at radius 2 is 2.50 bits per heavy atom. The summed E-state index contributed by atoms with van der Waals surface area (Å²) in [5.74, 6) is -0.720. The van der Waals surface area contributed by atoms with Crippen LogP contribution in [0, 0.1) is 0 Å². The van der Waals surface area contributed by atoms with Crippen LogP contribution in [0.2, 0.25) is 0 Å². The molecule has 0 spiro atoms. The number of rotatable bonds is 5. The molecule has 4 heteroatoms. The van der Waals surface area contributed by atoms with Crippen LogP contribution < -0.4 is 4.74 Å². The Bertz CT molecular complexity index is 336. The molecule has 0 saturated carbocycles. The number of hydrogen-bond donors (Lipinski definition) is 1. The first-order valence-corrected chi connectivity index (χ1v) is 4.16. The first-order chi connectivity index (χ1) is 6.75. The van der Waals surface area contributed by atoms with Gasteiger partial charge in [0, 0.05) is 6.20 Å². The Morgan fingerprint density at radius 3 is 3.14 bits per heavy atom. The number of aromatic nitrogens is 1. The lowest BCUT2D eigenvalue weighted by atomic mass is 10.2. The van der Waals surface area contributed by atoms with Gasteiger partial charge in [-0.2, -0.15) is 0 Å². The molecule has 1 aromatic heterocycles. The summed E-state index contributed by atoms with van der Waals surface area (Å²) < 4.78 is 5.22. The minimum atomic E-state index is -1.01. The predicted octanol–water partition coefficient (Wildman–Crippen LogP) is 1.73. The lowest BCUT2D eigenvalue weighted by molar-refractivity contribution is 0.0692. The number of hydrogen-bond acceptors (Lipinski definition) is 3. The van der Waals surface area contributed by atoms with E-state index in [4.69, 9.17) is 9.84 Å². The summed E-state index contributed by atoms with van der Waals surface area (Å²) in [6.45, 7) is 3.95. The molecule has 4 nitrogen and oxygen atoms in total. The second-order valence-corrected chi connectivity index (χ2v) is 2.60. The van der Waals surface area contributed by atoms with Gasteiger partial charge in [-0.1, -0.05) is 6.08 Å². The molecule has 0 aromatic carbocycles. The van der Waals surface area contributed by atoms with Crippen LogP contribution in [0.25, 0.3) is 0 Å². The summed E-state index contributed by atoms with van der Waals surface area (Å²) >= 11 is 0. The van der Waals surface area contributed by atoms with Crippen molar-refractivity contribution in [2.45, 2.75) is 6.42 Å². The second kappa shape index (κ2) is 5.01. The third-order valence-electron chi connectivity index (χ3n) is 1.59. The van der Waals surface area contributed by atoms with Crippen LogP contribution in [-0.2, 0) is 0 Å². The van der Waals surface area contributed by atoms with Crippen molar-refractivity contribution < 1.29 is 14.6 Å². The van der Waals surface area contributed by atoms with Crippen molar-refractivity contribution in [3.8, 4) is 5.75 Å². The van der Waals surface area contributed by atoms with E-state index in [0.717, 1.165) is 0 Å². The van der Waals surface area contributed by atoms with Gasteiger partial charge >= 0.3 is 5.97 Å². The van der Waals surface area contributed by atoms with Gasteiger partial charge in [-0.25, -0.2) is 4.79 Å². The average molecular weight is 193 g/mol. The molecule has 74 valence electrons. The van der Waals surface area contributed by atoms with Crippen LogP contribution >= 0.6 is 0 Å². The molecular weight excluding hydrogens is 182 g/mol. The highest BCUT2D eigenvalue weighted by Gasteiger charge is 2.09. The third kappa shape index (κ3) is 2.58. The van der Waals surface area contributed by atoms with E-state index < -0.39 is 5.97 Å². The van der Waals surface area contributed by atoms with Gasteiger partial charge in [0.25, 0.3) is 0 Å². The van der Waals surface area contributed by atoms with Crippen molar-refractivity contribution in [1.82, 2.24) is 4.98 Å². The van der Waals surface area contributed by atoms with Crippen LogP contribution in [0.4, 0.5) is 0 Å². The first kappa shape index (κ1) is 10.2. The Kier molecular flexibility index (Phi) is 3.67. The van der Waals surface area contributed by atoms with Crippen molar-refractivity contribution in [3.63, 3.8) is 0 Å². The number of aromatic carboxylic acids is 1. The SMILES string of the molecule is C=CCCOc1cnccc1C(=O)O. The summed E-state index contributed by atoms with van der Waals surface area (Å²) in [6, 6.07) is 1.41. The maximum absolute atomic E-state index is 10.7. The largest absolute Gasteiger partial charge is 0.491 e. The van der Waals surface area contributed by atoms with E-state index in [2.05, 4.69) is 11.6 Å². The molecule has 1 N–H and O–H groups in total. The third-order valence-corrected chi connectivity index (χ3v) is 1.59. The molecule has 0 atom stereocenters. The summed E-state index contributed by atoms with van der Waals surface area (Å²) in [7, 11) is 0. The van der Waals surface area contributed by atoms with Gasteiger partial charge in [-0.15, -0.1) is 6.58 Å². The Balaban J connectivity index is 2.74. The highest BCUT2D eigenvalue weighted by molar-refractivity contribution is 5.90. The van der Waals surface area contributed by atoms with Crippen molar-refractivity contribution >= 4 is 5.97 Å². The van der Waals surface area contributed by atoms with Crippen molar-refractivity contribution in [2.24, 2.45) is 0 Å². The fraction of sp³-hybridized carbons (Fsp3) is 0.200. The zero-order valence-electron chi connectivity index (χ0n) is 7.64. The Hall–Kier alpha value is -1.84. The molecule has 1 rings (SSSR count). The molecule has 0 radical (unpaired) electrons. The molecule has 0 aliphatic carbocycles. The Labute approximate surface area is 81.9 Å². The number of nitrogens with zero attached hydrogens (tertiary/aromatic N) is 1. The fourth-order valence-electron chi connectivity index (χ4n) is 0.924. The molecule has 0 fully saturated rings. The van der Waals surface area contributed by atoms with Gasteiger partial charge in [0.05, 0.1) is 12.8 Å². The van der Waals surface area contributed by atoms with E-state index in [-0.39, 0.29) is 5.56 Å². The molecule has 0 aliphatic heterocycles. The zero-order chi connectivity index (χ0) is 10.4. The standard InChI is InChI=1S/C10H11NO3/c1-2-3-6-14-9-7-11-5-4-8(9)10(12)13/h2,4-5,7H,1,3,6H2,(H,12,13). The quantitative estimate of drug-likeness (QED) is 0.571. The lowest BCUT2D eigenvalue weighted by Crippen LogP contribution is -2.04. The van der Waals surface area contributed by atoms with Crippen molar-refractivity contribution in [3.05, 3.63) is 36.7 Å². The van der Waals surface area contributed by atoms with Gasteiger partial charge in [0.1, 0.15) is 5.56 Å². The predicted molar refractivity (Wildman–Crippen MR) is 51.5 cm³/mol. The molecular formula is C10H11NO3. The van der Waals surface area contributed by atoms with E-state index in [0.29, 0.717) is 18.8 Å². The normalized spacial score (nSPS) is 9.43. The maximum Gasteiger partial charge on any atom is 0.339 e. The smallest absolute Gasteiger partial charge is 0.339 e. The van der Waals surface area contributed by atoms with Crippen molar-refractivity contribution in [1.29, 1.82) is 0 Å². The molecule has 14 heavy (non-hydrogen) atoms. The fourth-order valence-corrected chi connectivity index (χ4v) is 0.924. The van der Waals surface area contributed by atoms with Crippen LogP contribution in [0.3, 0.4) is 0 Å². The highest BCUT2D eigenvalue weighted by Crippen LogP contribution is 2.16. The number of carboxylic acid groups (broad SMARTS) is 1. The van der Waals surface area contributed by atoms with Gasteiger partial charge in [-0.3, -0.25) is 4.98 Å². The molecule has 0 unspecified atom stereocenters. The average Bonchev–Trinajstić information content (AvgIpc) is 2.19. The van der Waals surface area contributed by atoms with Gasteiger partial charge < -0.3 is 9.84 Å². The second-order valence-electron chi connectivity index (χ2n) is 2.60. The molecule has 1 aromatic rings. The molecule has 0 amide bonds.